The van der Waals surface area contributed by atoms with Gasteiger partial charge in [-0.2, -0.15) is 5.10 Å². The highest BCUT2D eigenvalue weighted by molar-refractivity contribution is 6.30. The van der Waals surface area contributed by atoms with Gasteiger partial charge in [0.25, 0.3) is 5.91 Å². The van der Waals surface area contributed by atoms with Gasteiger partial charge in [-0.3, -0.25) is 4.79 Å². The van der Waals surface area contributed by atoms with Crippen molar-refractivity contribution in [2.75, 3.05) is 0 Å². The fraction of sp³-hybridized carbons (Fsp3) is 0.235. The molecule has 2 heterocycles. The van der Waals surface area contributed by atoms with Crippen LogP contribution in [0, 0.1) is 0 Å². The third kappa shape index (κ3) is 2.80. The van der Waals surface area contributed by atoms with E-state index in [1.807, 2.05) is 12.1 Å². The van der Waals surface area contributed by atoms with E-state index in [4.69, 9.17) is 11.6 Å². The number of amides is 1. The van der Waals surface area contributed by atoms with Crippen molar-refractivity contribution in [2.24, 2.45) is 0 Å². The first-order chi connectivity index (χ1) is 11.2. The molecule has 0 atom stereocenters. The van der Waals surface area contributed by atoms with Crippen LogP contribution >= 0.6 is 11.6 Å². The van der Waals surface area contributed by atoms with Gasteiger partial charge in [-0.05, 0) is 48.6 Å². The number of benzene rings is 1. The summed E-state index contributed by atoms with van der Waals surface area (Å²) in [5, 5.41) is 7.85. The van der Waals surface area contributed by atoms with E-state index in [2.05, 4.69) is 27.5 Å². The molecule has 0 spiro atoms. The molecule has 1 amide bonds. The molecule has 1 aliphatic carbocycles. The highest BCUT2D eigenvalue weighted by Crippen LogP contribution is 2.37. The summed E-state index contributed by atoms with van der Waals surface area (Å²) in [6.45, 7) is 0. The van der Waals surface area contributed by atoms with E-state index in [1.54, 1.807) is 22.8 Å². The Morgan fingerprint density at radius 3 is 2.78 bits per heavy atom. The second-order valence-corrected chi connectivity index (χ2v) is 6.30. The SMILES string of the molecule is O=C(NC1CC(c2ccc(Cl)cc2)C1)c1ccn2ncnc2c1. The van der Waals surface area contributed by atoms with Crippen LogP contribution in [0.5, 0.6) is 0 Å². The second kappa shape index (κ2) is 5.66. The van der Waals surface area contributed by atoms with E-state index in [0.29, 0.717) is 17.1 Å². The molecule has 0 radical (unpaired) electrons. The summed E-state index contributed by atoms with van der Waals surface area (Å²) in [5.41, 5.74) is 2.57. The Kier molecular flexibility index (Phi) is 3.50. The van der Waals surface area contributed by atoms with Gasteiger partial charge in [-0.15, -0.1) is 0 Å². The van der Waals surface area contributed by atoms with Crippen LogP contribution in [0.1, 0.15) is 34.7 Å². The lowest BCUT2D eigenvalue weighted by molar-refractivity contribution is 0.0909. The molecule has 1 saturated carbocycles. The number of aromatic nitrogens is 3. The number of carbonyl (C=O) groups excluding carboxylic acids is 1. The molecule has 1 N–H and O–H groups in total. The maximum Gasteiger partial charge on any atom is 0.251 e. The van der Waals surface area contributed by atoms with Crippen molar-refractivity contribution < 1.29 is 4.79 Å². The van der Waals surface area contributed by atoms with E-state index >= 15 is 0 Å². The molecule has 5 nitrogen and oxygen atoms in total. The predicted molar refractivity (Wildman–Crippen MR) is 87.7 cm³/mol. The maximum absolute atomic E-state index is 12.3. The standard InChI is InChI=1S/C17H15ClN4O/c18-14-3-1-11(2-4-14)13-7-15(8-13)21-17(23)12-5-6-22-16(9-12)19-10-20-22/h1-6,9-10,13,15H,7-8H2,(H,21,23). The molecular weight excluding hydrogens is 312 g/mol. The van der Waals surface area contributed by atoms with Gasteiger partial charge in [0.1, 0.15) is 6.33 Å². The Morgan fingerprint density at radius 1 is 1.22 bits per heavy atom. The molecule has 0 unspecified atom stereocenters. The molecule has 23 heavy (non-hydrogen) atoms. The number of rotatable bonds is 3. The number of halogens is 1. The third-order valence-corrected chi connectivity index (χ3v) is 4.61. The summed E-state index contributed by atoms with van der Waals surface area (Å²) in [7, 11) is 0. The van der Waals surface area contributed by atoms with Crippen molar-refractivity contribution in [2.45, 2.75) is 24.8 Å². The van der Waals surface area contributed by atoms with Crippen LogP contribution in [0.25, 0.3) is 5.65 Å². The Labute approximate surface area is 138 Å². The van der Waals surface area contributed by atoms with E-state index in [-0.39, 0.29) is 11.9 Å². The summed E-state index contributed by atoms with van der Waals surface area (Å²) >= 11 is 5.91. The molecule has 3 aromatic rings. The molecule has 0 aliphatic heterocycles. The van der Waals surface area contributed by atoms with Crippen molar-refractivity contribution in [3.63, 3.8) is 0 Å². The summed E-state index contributed by atoms with van der Waals surface area (Å²) < 4.78 is 1.64. The molecule has 0 saturated heterocycles. The van der Waals surface area contributed by atoms with Crippen molar-refractivity contribution in [3.8, 4) is 0 Å². The van der Waals surface area contributed by atoms with E-state index in [0.717, 1.165) is 17.9 Å². The van der Waals surface area contributed by atoms with Crippen LogP contribution < -0.4 is 5.32 Å². The topological polar surface area (TPSA) is 59.3 Å². The van der Waals surface area contributed by atoms with Crippen LogP contribution in [-0.4, -0.2) is 26.5 Å². The Bertz CT molecular complexity index is 852. The maximum atomic E-state index is 12.3. The monoisotopic (exact) mass is 326 g/mol. The largest absolute Gasteiger partial charge is 0.349 e. The van der Waals surface area contributed by atoms with E-state index in [9.17, 15) is 4.79 Å². The fourth-order valence-corrected chi connectivity index (χ4v) is 3.09. The van der Waals surface area contributed by atoms with Crippen molar-refractivity contribution in [1.82, 2.24) is 19.9 Å². The number of nitrogens with zero attached hydrogens (tertiary/aromatic N) is 3. The number of fused-ring (bicyclic) bond motifs is 1. The van der Waals surface area contributed by atoms with Gasteiger partial charge in [0.2, 0.25) is 0 Å². The highest BCUT2D eigenvalue weighted by Gasteiger charge is 2.31. The molecule has 0 bridgehead atoms. The quantitative estimate of drug-likeness (QED) is 0.804. The summed E-state index contributed by atoms with van der Waals surface area (Å²) in [6, 6.07) is 11.7. The Balaban J connectivity index is 1.38. The lowest BCUT2D eigenvalue weighted by Crippen LogP contribution is -2.43. The number of carbonyl (C=O) groups is 1. The van der Waals surface area contributed by atoms with Crippen molar-refractivity contribution in [3.05, 3.63) is 65.1 Å². The van der Waals surface area contributed by atoms with Gasteiger partial charge in [0.05, 0.1) is 0 Å². The molecule has 4 rings (SSSR count). The lowest BCUT2D eigenvalue weighted by Gasteiger charge is -2.36. The molecule has 1 aliphatic rings. The number of hydrogen-bond donors (Lipinski definition) is 1. The second-order valence-electron chi connectivity index (χ2n) is 5.87. The molecule has 2 aromatic heterocycles. The number of hydrogen-bond acceptors (Lipinski definition) is 3. The fourth-order valence-electron chi connectivity index (χ4n) is 2.97. The van der Waals surface area contributed by atoms with Crippen LogP contribution in [0.15, 0.2) is 48.9 Å². The highest BCUT2D eigenvalue weighted by atomic mass is 35.5. The van der Waals surface area contributed by atoms with Crippen LogP contribution in [0.4, 0.5) is 0 Å². The Morgan fingerprint density at radius 2 is 2.00 bits per heavy atom. The third-order valence-electron chi connectivity index (χ3n) is 4.36. The van der Waals surface area contributed by atoms with E-state index in [1.165, 1.54) is 11.9 Å². The zero-order valence-electron chi connectivity index (χ0n) is 12.3. The van der Waals surface area contributed by atoms with Gasteiger partial charge in [0, 0.05) is 22.8 Å². The first kappa shape index (κ1) is 14.2. The summed E-state index contributed by atoms with van der Waals surface area (Å²) in [4.78, 5) is 16.4. The van der Waals surface area contributed by atoms with Gasteiger partial charge in [-0.25, -0.2) is 9.50 Å². The minimum Gasteiger partial charge on any atom is -0.349 e. The van der Waals surface area contributed by atoms with Gasteiger partial charge in [0.15, 0.2) is 5.65 Å². The minimum atomic E-state index is -0.0601. The van der Waals surface area contributed by atoms with Crippen LogP contribution in [0.2, 0.25) is 5.02 Å². The van der Waals surface area contributed by atoms with E-state index < -0.39 is 0 Å². The van der Waals surface area contributed by atoms with Crippen molar-refractivity contribution in [1.29, 1.82) is 0 Å². The Hall–Kier alpha value is -2.40. The summed E-state index contributed by atoms with van der Waals surface area (Å²) in [6.07, 6.45) is 5.13. The van der Waals surface area contributed by atoms with Gasteiger partial charge in [-0.1, -0.05) is 23.7 Å². The molecule has 1 fully saturated rings. The number of nitrogens with one attached hydrogen (secondary N) is 1. The number of pyridine rings is 1. The predicted octanol–water partition coefficient (Wildman–Crippen LogP) is 3.06. The zero-order chi connectivity index (χ0) is 15.8. The zero-order valence-corrected chi connectivity index (χ0v) is 13.1. The smallest absolute Gasteiger partial charge is 0.251 e. The first-order valence-corrected chi connectivity index (χ1v) is 7.92. The molecular formula is C17H15ClN4O. The molecule has 116 valence electrons. The lowest BCUT2D eigenvalue weighted by atomic mass is 9.76. The van der Waals surface area contributed by atoms with Gasteiger partial charge >= 0.3 is 0 Å². The van der Waals surface area contributed by atoms with Gasteiger partial charge < -0.3 is 5.32 Å². The average molecular weight is 327 g/mol. The normalized spacial score (nSPS) is 20.2. The first-order valence-electron chi connectivity index (χ1n) is 7.55. The van der Waals surface area contributed by atoms with Crippen LogP contribution in [-0.2, 0) is 0 Å². The van der Waals surface area contributed by atoms with Crippen molar-refractivity contribution >= 4 is 23.2 Å². The minimum absolute atomic E-state index is 0.0601. The summed E-state index contributed by atoms with van der Waals surface area (Å²) in [5.74, 6) is 0.437. The molecule has 6 heteroatoms. The van der Waals surface area contributed by atoms with Crippen LogP contribution in [0.3, 0.4) is 0 Å². The molecule has 1 aromatic carbocycles. The average Bonchev–Trinajstić information content (AvgIpc) is 2.99.